The van der Waals surface area contributed by atoms with E-state index in [-0.39, 0.29) is 23.9 Å². The number of hydrogen-bond donors (Lipinski definition) is 1. The van der Waals surface area contributed by atoms with Crippen LogP contribution in [0, 0.1) is 0 Å². The van der Waals surface area contributed by atoms with E-state index >= 15 is 0 Å². The van der Waals surface area contributed by atoms with Crippen molar-refractivity contribution in [3.63, 3.8) is 0 Å². The van der Waals surface area contributed by atoms with E-state index in [1.165, 1.54) is 12.1 Å². The number of nitrogens with zero attached hydrogens (tertiary/aromatic N) is 3. The molecule has 1 saturated heterocycles. The van der Waals surface area contributed by atoms with Crippen LogP contribution in [0.1, 0.15) is 59.5 Å². The highest BCUT2D eigenvalue weighted by molar-refractivity contribution is 6.31. The molecule has 2 atom stereocenters. The fourth-order valence-corrected chi connectivity index (χ4v) is 5.91. The van der Waals surface area contributed by atoms with Crippen molar-refractivity contribution in [2.75, 3.05) is 6.61 Å². The standard InChI is InChI=1S/C34H32ClF3N4O2/c35-27-14-15-30-28(20-27)29(40-42(30)32-9-2-4-17-44-32)21-39-33(34(36,37)38)26-7-5-6-25(19-26)18-23-10-12-24(13-11-23)22-41-16-3-1-8-31(41)43/h1,3,5-8,10-16,19-20,32-33,39H,2,4,9,17-18,21-22H2. The molecule has 5 aromatic rings. The van der Waals surface area contributed by atoms with Crippen molar-refractivity contribution >= 4 is 22.5 Å². The molecular formula is C34H32ClF3N4O2. The number of pyridine rings is 1. The number of alkyl halides is 3. The van der Waals surface area contributed by atoms with Gasteiger partial charge in [-0.15, -0.1) is 0 Å². The average molecular weight is 621 g/mol. The van der Waals surface area contributed by atoms with Crippen molar-refractivity contribution < 1.29 is 17.9 Å². The second-order valence-corrected chi connectivity index (χ2v) is 11.6. The fraction of sp³-hybridized carbons (Fsp3) is 0.294. The Morgan fingerprint density at radius 1 is 0.955 bits per heavy atom. The van der Waals surface area contributed by atoms with Crippen LogP contribution >= 0.6 is 11.6 Å². The number of fused-ring (bicyclic) bond motifs is 1. The Morgan fingerprint density at radius 3 is 2.52 bits per heavy atom. The second kappa shape index (κ2) is 13.0. The average Bonchev–Trinajstić information content (AvgIpc) is 3.37. The Hall–Kier alpha value is -3.92. The van der Waals surface area contributed by atoms with Gasteiger partial charge < -0.3 is 9.30 Å². The van der Waals surface area contributed by atoms with Gasteiger partial charge in [-0.25, -0.2) is 4.68 Å². The zero-order chi connectivity index (χ0) is 30.7. The number of rotatable bonds is 9. The molecule has 10 heteroatoms. The predicted molar refractivity (Wildman–Crippen MR) is 165 cm³/mol. The maximum absolute atomic E-state index is 14.4. The van der Waals surface area contributed by atoms with E-state index in [0.29, 0.717) is 35.7 Å². The van der Waals surface area contributed by atoms with Crippen molar-refractivity contribution in [2.24, 2.45) is 0 Å². The molecule has 0 aliphatic carbocycles. The molecule has 0 bridgehead atoms. The number of hydrogen-bond acceptors (Lipinski definition) is 4. The Balaban J connectivity index is 1.19. The van der Waals surface area contributed by atoms with Gasteiger partial charge in [-0.3, -0.25) is 10.1 Å². The smallest absolute Gasteiger partial charge is 0.356 e. The monoisotopic (exact) mass is 620 g/mol. The first kappa shape index (κ1) is 30.1. The van der Waals surface area contributed by atoms with Crippen LogP contribution in [-0.2, 0) is 24.2 Å². The first-order valence-electron chi connectivity index (χ1n) is 14.6. The summed E-state index contributed by atoms with van der Waals surface area (Å²) in [6.45, 7) is 0.970. The van der Waals surface area contributed by atoms with Gasteiger partial charge in [-0.2, -0.15) is 18.3 Å². The number of aromatic nitrogens is 3. The van der Waals surface area contributed by atoms with Crippen molar-refractivity contribution in [1.29, 1.82) is 0 Å². The van der Waals surface area contributed by atoms with Gasteiger partial charge in [0, 0.05) is 35.8 Å². The highest BCUT2D eigenvalue weighted by atomic mass is 35.5. The summed E-state index contributed by atoms with van der Waals surface area (Å²) in [4.78, 5) is 12.0. The Kier molecular flexibility index (Phi) is 8.88. The van der Waals surface area contributed by atoms with Gasteiger partial charge >= 0.3 is 6.18 Å². The van der Waals surface area contributed by atoms with Crippen molar-refractivity contribution in [3.8, 4) is 0 Å². The molecule has 3 aromatic carbocycles. The van der Waals surface area contributed by atoms with Gasteiger partial charge in [0.1, 0.15) is 6.04 Å². The quantitative estimate of drug-likeness (QED) is 0.185. The van der Waals surface area contributed by atoms with Crippen molar-refractivity contribution in [1.82, 2.24) is 19.7 Å². The minimum atomic E-state index is -4.53. The lowest BCUT2D eigenvalue weighted by atomic mass is 9.98. The van der Waals surface area contributed by atoms with Gasteiger partial charge in [0.2, 0.25) is 0 Å². The lowest BCUT2D eigenvalue weighted by molar-refractivity contribution is -0.158. The van der Waals surface area contributed by atoms with E-state index in [9.17, 15) is 18.0 Å². The summed E-state index contributed by atoms with van der Waals surface area (Å²) in [5.74, 6) is 0. The number of ether oxygens (including phenoxy) is 1. The molecule has 6 rings (SSSR count). The minimum Gasteiger partial charge on any atom is -0.356 e. The van der Waals surface area contributed by atoms with Crippen molar-refractivity contribution in [3.05, 3.63) is 134 Å². The van der Waals surface area contributed by atoms with E-state index in [4.69, 9.17) is 21.4 Å². The first-order chi connectivity index (χ1) is 21.2. The number of nitrogens with one attached hydrogen (secondary N) is 1. The SMILES string of the molecule is O=c1ccccn1Cc1ccc(Cc2cccc(C(NCc3nn(C4CCCCO4)c4ccc(Cl)cc34)C(F)(F)F)c2)cc1. The summed E-state index contributed by atoms with van der Waals surface area (Å²) in [7, 11) is 0. The normalized spacial score (nSPS) is 16.3. The highest BCUT2D eigenvalue weighted by Crippen LogP contribution is 2.35. The topological polar surface area (TPSA) is 61.1 Å². The van der Waals surface area contributed by atoms with Gasteiger partial charge in [0.15, 0.2) is 6.23 Å². The Morgan fingerprint density at radius 2 is 1.77 bits per heavy atom. The van der Waals surface area contributed by atoms with Crippen LogP contribution in [0.4, 0.5) is 13.2 Å². The molecule has 1 N–H and O–H groups in total. The summed E-state index contributed by atoms with van der Waals surface area (Å²) in [5, 5.41) is 8.63. The summed E-state index contributed by atoms with van der Waals surface area (Å²) < 4.78 is 52.6. The number of halogens is 4. The van der Waals surface area contributed by atoms with Crippen molar-refractivity contribution in [2.45, 2.75) is 57.2 Å². The van der Waals surface area contributed by atoms with Crippen LogP contribution in [0.25, 0.3) is 10.9 Å². The van der Waals surface area contributed by atoms with Gasteiger partial charge in [-0.1, -0.05) is 66.2 Å². The lowest BCUT2D eigenvalue weighted by Gasteiger charge is -2.23. The summed E-state index contributed by atoms with van der Waals surface area (Å²) in [6, 6.07) is 22.8. The van der Waals surface area contributed by atoms with Crippen LogP contribution in [0.15, 0.2) is 95.9 Å². The fourth-order valence-electron chi connectivity index (χ4n) is 5.73. The minimum absolute atomic E-state index is 0.0789. The molecule has 0 saturated carbocycles. The third kappa shape index (κ3) is 6.90. The molecule has 2 unspecified atom stereocenters. The van der Waals surface area contributed by atoms with Gasteiger partial charge in [0.05, 0.1) is 17.8 Å². The number of benzene rings is 3. The zero-order valence-electron chi connectivity index (χ0n) is 23.9. The molecule has 0 amide bonds. The van der Waals surface area contributed by atoms with E-state index < -0.39 is 12.2 Å². The van der Waals surface area contributed by atoms with Gasteiger partial charge in [-0.05, 0) is 72.2 Å². The molecule has 1 aliphatic rings. The molecule has 2 aromatic heterocycles. The van der Waals surface area contributed by atoms with Crippen LogP contribution < -0.4 is 10.9 Å². The molecule has 3 heterocycles. The molecular weight excluding hydrogens is 589 g/mol. The highest BCUT2D eigenvalue weighted by Gasteiger charge is 2.40. The van der Waals surface area contributed by atoms with Crippen LogP contribution in [0.5, 0.6) is 0 Å². The Labute approximate surface area is 258 Å². The van der Waals surface area contributed by atoms with Gasteiger partial charge in [0.25, 0.3) is 5.56 Å². The zero-order valence-corrected chi connectivity index (χ0v) is 24.7. The van der Waals surface area contributed by atoms with E-state index in [0.717, 1.165) is 41.5 Å². The first-order valence-corrected chi connectivity index (χ1v) is 15.0. The maximum Gasteiger partial charge on any atom is 0.407 e. The van der Waals surface area contributed by atoms with Crippen LogP contribution in [-0.4, -0.2) is 27.1 Å². The largest absolute Gasteiger partial charge is 0.407 e. The molecule has 0 spiro atoms. The van der Waals surface area contributed by atoms with Crippen LogP contribution in [0.3, 0.4) is 0 Å². The summed E-state index contributed by atoms with van der Waals surface area (Å²) >= 11 is 6.27. The molecule has 44 heavy (non-hydrogen) atoms. The second-order valence-electron chi connectivity index (χ2n) is 11.1. The molecule has 6 nitrogen and oxygen atoms in total. The van der Waals surface area contributed by atoms with E-state index in [1.807, 2.05) is 42.5 Å². The molecule has 1 aliphatic heterocycles. The van der Waals surface area contributed by atoms with E-state index in [1.54, 1.807) is 45.8 Å². The molecule has 0 radical (unpaired) electrons. The Bertz CT molecular complexity index is 1790. The maximum atomic E-state index is 14.4. The summed E-state index contributed by atoms with van der Waals surface area (Å²) in [5.41, 5.74) is 4.01. The lowest BCUT2D eigenvalue weighted by Crippen LogP contribution is -2.34. The van der Waals surface area contributed by atoms with Crippen LogP contribution in [0.2, 0.25) is 5.02 Å². The molecule has 1 fully saturated rings. The molecule has 228 valence electrons. The van der Waals surface area contributed by atoms with E-state index in [2.05, 4.69) is 5.32 Å². The third-order valence-electron chi connectivity index (χ3n) is 7.94. The predicted octanol–water partition coefficient (Wildman–Crippen LogP) is 7.58. The third-order valence-corrected chi connectivity index (χ3v) is 8.18. The summed E-state index contributed by atoms with van der Waals surface area (Å²) in [6.07, 6.45) is 0.188.